The Balaban J connectivity index is 2.04. The van der Waals surface area contributed by atoms with E-state index in [0.717, 1.165) is 38.3 Å². The highest BCUT2D eigenvalue weighted by Crippen LogP contribution is 2.26. The van der Waals surface area contributed by atoms with E-state index in [9.17, 15) is 0 Å². The van der Waals surface area contributed by atoms with Crippen LogP contribution in [0.25, 0.3) is 0 Å². The molecule has 2 N–H and O–H groups in total. The lowest BCUT2D eigenvalue weighted by Crippen LogP contribution is -2.53. The third-order valence-electron chi connectivity index (χ3n) is 3.60. The molecule has 5 heteroatoms. The van der Waals surface area contributed by atoms with Gasteiger partial charge in [0.15, 0.2) is 0 Å². The molecule has 1 atom stereocenters. The van der Waals surface area contributed by atoms with E-state index in [1.54, 1.807) is 11.3 Å². The van der Waals surface area contributed by atoms with Crippen molar-refractivity contribution in [3.05, 3.63) is 16.6 Å². The predicted octanol–water partition coefficient (Wildman–Crippen LogP) is 0.608. The molecule has 0 aliphatic carbocycles. The van der Waals surface area contributed by atoms with Crippen molar-refractivity contribution in [1.82, 2.24) is 14.8 Å². The van der Waals surface area contributed by atoms with Gasteiger partial charge in [0.05, 0.1) is 11.2 Å². The van der Waals surface area contributed by atoms with Gasteiger partial charge in [0.2, 0.25) is 0 Å². The van der Waals surface area contributed by atoms with E-state index >= 15 is 0 Å². The third-order valence-corrected chi connectivity index (χ3v) is 4.23. The summed E-state index contributed by atoms with van der Waals surface area (Å²) in [5.41, 5.74) is 9.15. The van der Waals surface area contributed by atoms with Gasteiger partial charge in [0, 0.05) is 30.6 Å². The zero-order chi connectivity index (χ0) is 11.6. The van der Waals surface area contributed by atoms with Gasteiger partial charge in [0.1, 0.15) is 0 Å². The highest BCUT2D eigenvalue weighted by atomic mass is 32.1. The second-order valence-electron chi connectivity index (χ2n) is 4.75. The van der Waals surface area contributed by atoms with Gasteiger partial charge in [-0.3, -0.25) is 4.90 Å². The van der Waals surface area contributed by atoms with Crippen LogP contribution in [0.1, 0.15) is 12.1 Å². The summed E-state index contributed by atoms with van der Waals surface area (Å²) in [5, 5.41) is 2.11. The average molecular weight is 240 g/mol. The minimum atomic E-state index is 0.137. The summed E-state index contributed by atoms with van der Waals surface area (Å²) in [6.45, 7) is 3.81. The zero-order valence-corrected chi connectivity index (χ0v) is 10.8. The van der Waals surface area contributed by atoms with Crippen molar-refractivity contribution in [3.8, 4) is 0 Å². The Kier molecular flexibility index (Phi) is 3.59. The van der Waals surface area contributed by atoms with Crippen LogP contribution in [0.3, 0.4) is 0 Å². The van der Waals surface area contributed by atoms with Crippen LogP contribution >= 0.6 is 11.3 Å². The number of thiazole rings is 1. The SMILES string of the molecule is CN1CCC(CN)(N(C)Cc2cscn2)C1. The van der Waals surface area contributed by atoms with Crippen LogP contribution in [0.5, 0.6) is 0 Å². The number of nitrogens with two attached hydrogens (primary N) is 1. The second kappa shape index (κ2) is 4.79. The van der Waals surface area contributed by atoms with Gasteiger partial charge in [0.25, 0.3) is 0 Å². The summed E-state index contributed by atoms with van der Waals surface area (Å²) in [4.78, 5) is 9.05. The molecule has 1 aliphatic heterocycles. The minimum Gasteiger partial charge on any atom is -0.329 e. The van der Waals surface area contributed by atoms with Crippen LogP contribution in [0.4, 0.5) is 0 Å². The lowest BCUT2D eigenvalue weighted by Gasteiger charge is -2.37. The number of hydrogen-bond acceptors (Lipinski definition) is 5. The molecule has 4 nitrogen and oxygen atoms in total. The lowest BCUT2D eigenvalue weighted by atomic mass is 9.96. The molecule has 1 aromatic rings. The standard InChI is InChI=1S/C11H20N4S/c1-14-4-3-11(7-12,8-14)15(2)5-10-6-16-9-13-10/h6,9H,3-5,7-8,12H2,1-2H3. The lowest BCUT2D eigenvalue weighted by molar-refractivity contribution is 0.124. The smallest absolute Gasteiger partial charge is 0.0795 e. The molecule has 0 radical (unpaired) electrons. The molecule has 90 valence electrons. The van der Waals surface area contributed by atoms with Gasteiger partial charge in [-0.1, -0.05) is 0 Å². The van der Waals surface area contributed by atoms with E-state index in [1.165, 1.54) is 0 Å². The van der Waals surface area contributed by atoms with Crippen molar-refractivity contribution in [2.75, 3.05) is 33.7 Å². The molecule has 2 rings (SSSR count). The first-order chi connectivity index (χ1) is 7.66. The fourth-order valence-electron chi connectivity index (χ4n) is 2.42. The van der Waals surface area contributed by atoms with Crippen molar-refractivity contribution in [2.45, 2.75) is 18.5 Å². The maximum absolute atomic E-state index is 5.97. The fraction of sp³-hybridized carbons (Fsp3) is 0.727. The summed E-state index contributed by atoms with van der Waals surface area (Å²) in [6, 6.07) is 0. The average Bonchev–Trinajstić information content (AvgIpc) is 2.88. The Morgan fingerprint density at radius 1 is 1.69 bits per heavy atom. The van der Waals surface area contributed by atoms with Crippen molar-refractivity contribution in [3.63, 3.8) is 0 Å². The number of likely N-dealkylation sites (tertiary alicyclic amines) is 1. The van der Waals surface area contributed by atoms with Gasteiger partial charge >= 0.3 is 0 Å². The maximum Gasteiger partial charge on any atom is 0.0795 e. The van der Waals surface area contributed by atoms with E-state index in [1.807, 2.05) is 5.51 Å². The van der Waals surface area contributed by atoms with Crippen molar-refractivity contribution >= 4 is 11.3 Å². The van der Waals surface area contributed by atoms with Crippen LogP contribution in [-0.2, 0) is 6.54 Å². The molecule has 0 amide bonds. The Morgan fingerprint density at radius 2 is 2.50 bits per heavy atom. The monoisotopic (exact) mass is 240 g/mol. The Hall–Kier alpha value is -0.490. The van der Waals surface area contributed by atoms with Crippen LogP contribution in [0, 0.1) is 0 Å². The molecule has 1 fully saturated rings. The Morgan fingerprint density at radius 3 is 3.00 bits per heavy atom. The molecule has 0 aromatic carbocycles. The summed E-state index contributed by atoms with van der Waals surface area (Å²) >= 11 is 1.65. The fourth-order valence-corrected chi connectivity index (χ4v) is 2.97. The number of hydrogen-bond donors (Lipinski definition) is 1. The van der Waals surface area contributed by atoms with Gasteiger partial charge in [-0.2, -0.15) is 0 Å². The molecule has 1 aliphatic rings. The minimum absolute atomic E-state index is 0.137. The molecule has 2 heterocycles. The van der Waals surface area contributed by atoms with E-state index in [-0.39, 0.29) is 5.54 Å². The highest BCUT2D eigenvalue weighted by molar-refractivity contribution is 7.07. The first-order valence-corrected chi connectivity index (χ1v) is 6.57. The number of nitrogens with zero attached hydrogens (tertiary/aromatic N) is 3. The van der Waals surface area contributed by atoms with Gasteiger partial charge < -0.3 is 10.6 Å². The molecule has 0 bridgehead atoms. The third kappa shape index (κ3) is 2.27. The summed E-state index contributed by atoms with van der Waals surface area (Å²) in [6.07, 6.45) is 1.15. The Labute approximate surface area is 101 Å². The summed E-state index contributed by atoms with van der Waals surface area (Å²) in [5.74, 6) is 0. The molecular formula is C11H20N4S. The highest BCUT2D eigenvalue weighted by Gasteiger charge is 2.39. The Bertz CT molecular complexity index is 327. The van der Waals surface area contributed by atoms with E-state index < -0.39 is 0 Å². The van der Waals surface area contributed by atoms with Crippen LogP contribution in [0.15, 0.2) is 10.9 Å². The quantitative estimate of drug-likeness (QED) is 0.837. The van der Waals surface area contributed by atoms with Crippen molar-refractivity contribution in [1.29, 1.82) is 0 Å². The number of rotatable bonds is 4. The molecule has 0 saturated carbocycles. The zero-order valence-electron chi connectivity index (χ0n) is 10.0. The first-order valence-electron chi connectivity index (χ1n) is 5.63. The molecular weight excluding hydrogens is 220 g/mol. The van der Waals surface area contributed by atoms with Gasteiger partial charge in [-0.15, -0.1) is 11.3 Å². The normalized spacial score (nSPS) is 26.8. The molecule has 1 aromatic heterocycles. The van der Waals surface area contributed by atoms with Gasteiger partial charge in [-0.25, -0.2) is 4.98 Å². The maximum atomic E-state index is 5.97. The summed E-state index contributed by atoms with van der Waals surface area (Å²) in [7, 11) is 4.32. The van der Waals surface area contributed by atoms with Crippen molar-refractivity contribution in [2.24, 2.45) is 5.73 Å². The van der Waals surface area contributed by atoms with Crippen molar-refractivity contribution < 1.29 is 0 Å². The molecule has 0 spiro atoms. The molecule has 1 saturated heterocycles. The molecule has 16 heavy (non-hydrogen) atoms. The summed E-state index contributed by atoms with van der Waals surface area (Å²) < 4.78 is 0. The van der Waals surface area contributed by atoms with Crippen LogP contribution < -0.4 is 5.73 Å². The number of aromatic nitrogens is 1. The second-order valence-corrected chi connectivity index (χ2v) is 5.47. The van der Waals surface area contributed by atoms with E-state index in [4.69, 9.17) is 5.73 Å². The number of likely N-dealkylation sites (N-methyl/N-ethyl adjacent to an activating group) is 2. The first kappa shape index (κ1) is 12.0. The largest absolute Gasteiger partial charge is 0.329 e. The molecule has 1 unspecified atom stereocenters. The van der Waals surface area contributed by atoms with Crippen LogP contribution in [0.2, 0.25) is 0 Å². The predicted molar refractivity (Wildman–Crippen MR) is 67.5 cm³/mol. The van der Waals surface area contributed by atoms with E-state index in [2.05, 4.69) is 34.3 Å². The van der Waals surface area contributed by atoms with E-state index in [0.29, 0.717) is 0 Å². The topological polar surface area (TPSA) is 45.4 Å². The van der Waals surface area contributed by atoms with Crippen LogP contribution in [-0.4, -0.2) is 54.1 Å². The van der Waals surface area contributed by atoms with Gasteiger partial charge in [-0.05, 0) is 27.1 Å².